The summed E-state index contributed by atoms with van der Waals surface area (Å²) in [5, 5.41) is 3.76. The standard InChI is InChI=1S/C16H16ClF2N/c1-11(8-12-2-5-15(18)6-3-12)20-10-13-9-14(17)4-7-16(13)19/h2-7,9,11,20H,8,10H2,1H3. The first-order valence-corrected chi connectivity index (χ1v) is 6.84. The average Bonchev–Trinajstić information content (AvgIpc) is 2.42. The fraction of sp³-hybridized carbons (Fsp3) is 0.250. The lowest BCUT2D eigenvalue weighted by molar-refractivity contribution is 0.525. The van der Waals surface area contributed by atoms with Crippen molar-refractivity contribution in [1.82, 2.24) is 5.32 Å². The SMILES string of the molecule is CC(Cc1ccc(F)cc1)NCc1cc(Cl)ccc1F. The Hall–Kier alpha value is -1.45. The molecule has 2 rings (SSSR count). The van der Waals surface area contributed by atoms with Crippen LogP contribution < -0.4 is 5.32 Å². The van der Waals surface area contributed by atoms with Crippen LogP contribution in [0.25, 0.3) is 0 Å². The highest BCUT2D eigenvalue weighted by molar-refractivity contribution is 6.30. The van der Waals surface area contributed by atoms with Gasteiger partial charge in [-0.2, -0.15) is 0 Å². The predicted octanol–water partition coefficient (Wildman–Crippen LogP) is 4.34. The molecule has 0 aliphatic carbocycles. The highest BCUT2D eigenvalue weighted by Crippen LogP contribution is 2.15. The fourth-order valence-corrected chi connectivity index (χ4v) is 2.20. The van der Waals surface area contributed by atoms with Crippen molar-refractivity contribution < 1.29 is 8.78 Å². The molecule has 0 bridgehead atoms. The van der Waals surface area contributed by atoms with Crippen LogP contribution in [0, 0.1) is 11.6 Å². The molecule has 0 saturated carbocycles. The monoisotopic (exact) mass is 295 g/mol. The highest BCUT2D eigenvalue weighted by atomic mass is 35.5. The minimum atomic E-state index is -0.268. The fourth-order valence-electron chi connectivity index (χ4n) is 2.01. The van der Waals surface area contributed by atoms with Gasteiger partial charge in [-0.1, -0.05) is 23.7 Å². The van der Waals surface area contributed by atoms with Crippen LogP contribution in [0.4, 0.5) is 8.78 Å². The molecule has 0 aliphatic rings. The molecule has 1 unspecified atom stereocenters. The lowest BCUT2D eigenvalue weighted by atomic mass is 10.1. The van der Waals surface area contributed by atoms with Gasteiger partial charge < -0.3 is 5.32 Å². The number of hydrogen-bond acceptors (Lipinski definition) is 1. The van der Waals surface area contributed by atoms with Gasteiger partial charge in [0.2, 0.25) is 0 Å². The molecule has 0 radical (unpaired) electrons. The first kappa shape index (κ1) is 14.9. The zero-order valence-corrected chi connectivity index (χ0v) is 11.9. The topological polar surface area (TPSA) is 12.0 Å². The number of benzene rings is 2. The van der Waals surface area contributed by atoms with Crippen LogP contribution in [-0.4, -0.2) is 6.04 Å². The second kappa shape index (κ2) is 6.82. The van der Waals surface area contributed by atoms with E-state index in [1.807, 2.05) is 6.92 Å². The summed E-state index contributed by atoms with van der Waals surface area (Å²) in [5.74, 6) is -0.508. The lowest BCUT2D eigenvalue weighted by Crippen LogP contribution is -2.27. The molecule has 0 fully saturated rings. The Balaban J connectivity index is 1.90. The Morgan fingerprint density at radius 1 is 1.10 bits per heavy atom. The van der Waals surface area contributed by atoms with Crippen LogP contribution >= 0.6 is 11.6 Å². The summed E-state index contributed by atoms with van der Waals surface area (Å²) in [7, 11) is 0. The van der Waals surface area contributed by atoms with Crippen molar-refractivity contribution in [1.29, 1.82) is 0 Å². The number of hydrogen-bond donors (Lipinski definition) is 1. The molecule has 0 heterocycles. The highest BCUT2D eigenvalue weighted by Gasteiger charge is 2.07. The molecular weight excluding hydrogens is 280 g/mol. The Bertz CT molecular complexity index is 569. The predicted molar refractivity (Wildman–Crippen MR) is 77.8 cm³/mol. The van der Waals surface area contributed by atoms with Crippen molar-refractivity contribution in [2.45, 2.75) is 25.9 Å². The van der Waals surface area contributed by atoms with E-state index in [-0.39, 0.29) is 17.7 Å². The van der Waals surface area contributed by atoms with Crippen LogP contribution in [0.15, 0.2) is 42.5 Å². The van der Waals surface area contributed by atoms with Gasteiger partial charge >= 0.3 is 0 Å². The Kier molecular flexibility index (Phi) is 5.10. The maximum absolute atomic E-state index is 13.6. The zero-order valence-electron chi connectivity index (χ0n) is 11.2. The Labute approximate surface area is 122 Å². The van der Waals surface area contributed by atoms with Gasteiger partial charge in [-0.3, -0.25) is 0 Å². The molecule has 20 heavy (non-hydrogen) atoms. The van der Waals surface area contributed by atoms with Gasteiger partial charge in [0.05, 0.1) is 0 Å². The molecule has 2 aromatic carbocycles. The molecule has 1 atom stereocenters. The molecular formula is C16H16ClF2N. The van der Waals surface area contributed by atoms with Crippen molar-refractivity contribution in [3.63, 3.8) is 0 Å². The Morgan fingerprint density at radius 3 is 2.50 bits per heavy atom. The van der Waals surface area contributed by atoms with Gasteiger partial charge in [0.15, 0.2) is 0 Å². The van der Waals surface area contributed by atoms with Gasteiger partial charge in [0, 0.05) is 23.2 Å². The van der Waals surface area contributed by atoms with Crippen LogP contribution in [0.2, 0.25) is 5.02 Å². The van der Waals surface area contributed by atoms with Crippen molar-refractivity contribution in [3.05, 3.63) is 70.2 Å². The van der Waals surface area contributed by atoms with Crippen molar-refractivity contribution in [3.8, 4) is 0 Å². The molecule has 0 aromatic heterocycles. The van der Waals surface area contributed by atoms with Crippen LogP contribution in [0.5, 0.6) is 0 Å². The second-order valence-electron chi connectivity index (χ2n) is 4.85. The second-order valence-corrected chi connectivity index (χ2v) is 5.28. The van der Waals surface area contributed by atoms with Crippen LogP contribution in [-0.2, 0) is 13.0 Å². The molecule has 0 amide bonds. The molecule has 106 valence electrons. The van der Waals surface area contributed by atoms with Gasteiger partial charge in [-0.15, -0.1) is 0 Å². The molecule has 4 heteroatoms. The van der Waals surface area contributed by atoms with Gasteiger partial charge in [0.1, 0.15) is 11.6 Å². The van der Waals surface area contributed by atoms with Gasteiger partial charge in [-0.05, 0) is 49.2 Å². The van der Waals surface area contributed by atoms with Crippen LogP contribution in [0.1, 0.15) is 18.1 Å². The van der Waals surface area contributed by atoms with E-state index in [1.165, 1.54) is 24.3 Å². The minimum Gasteiger partial charge on any atom is -0.310 e. The van der Waals surface area contributed by atoms with Crippen molar-refractivity contribution >= 4 is 11.6 Å². The van der Waals surface area contributed by atoms with Crippen LogP contribution in [0.3, 0.4) is 0 Å². The third kappa shape index (κ3) is 4.29. The van der Waals surface area contributed by atoms with Gasteiger partial charge in [0.25, 0.3) is 0 Å². The summed E-state index contributed by atoms with van der Waals surface area (Å²) < 4.78 is 26.4. The molecule has 1 N–H and O–H groups in total. The largest absolute Gasteiger partial charge is 0.310 e. The normalized spacial score (nSPS) is 12.4. The molecule has 2 aromatic rings. The first-order valence-electron chi connectivity index (χ1n) is 6.46. The maximum Gasteiger partial charge on any atom is 0.127 e. The molecule has 0 aliphatic heterocycles. The number of rotatable bonds is 5. The summed E-state index contributed by atoms with van der Waals surface area (Å²) >= 11 is 5.85. The lowest BCUT2D eigenvalue weighted by Gasteiger charge is -2.14. The van der Waals surface area contributed by atoms with E-state index in [0.717, 1.165) is 12.0 Å². The summed E-state index contributed by atoms with van der Waals surface area (Å²) in [4.78, 5) is 0. The first-order chi connectivity index (χ1) is 9.54. The van der Waals surface area contributed by atoms with E-state index in [1.54, 1.807) is 18.2 Å². The van der Waals surface area contributed by atoms with E-state index in [2.05, 4.69) is 5.32 Å². The summed E-state index contributed by atoms with van der Waals surface area (Å²) in [6, 6.07) is 11.1. The third-order valence-corrected chi connectivity index (χ3v) is 3.34. The maximum atomic E-state index is 13.6. The van der Waals surface area contributed by atoms with Crippen molar-refractivity contribution in [2.24, 2.45) is 0 Å². The minimum absolute atomic E-state index is 0.152. The van der Waals surface area contributed by atoms with Gasteiger partial charge in [-0.25, -0.2) is 8.78 Å². The quantitative estimate of drug-likeness (QED) is 0.865. The van der Waals surface area contributed by atoms with E-state index in [9.17, 15) is 8.78 Å². The van der Waals surface area contributed by atoms with Crippen molar-refractivity contribution in [2.75, 3.05) is 0 Å². The average molecular weight is 296 g/mol. The van der Waals surface area contributed by atoms with E-state index >= 15 is 0 Å². The third-order valence-electron chi connectivity index (χ3n) is 3.10. The molecule has 1 nitrogen and oxygen atoms in total. The molecule has 0 saturated heterocycles. The Morgan fingerprint density at radius 2 is 1.80 bits per heavy atom. The van der Waals surface area contributed by atoms with E-state index in [4.69, 9.17) is 11.6 Å². The molecule has 0 spiro atoms. The summed E-state index contributed by atoms with van der Waals surface area (Å²) in [5.41, 5.74) is 1.58. The summed E-state index contributed by atoms with van der Waals surface area (Å²) in [6.07, 6.45) is 0.752. The number of halogens is 3. The zero-order chi connectivity index (χ0) is 14.5. The smallest absolute Gasteiger partial charge is 0.127 e. The van der Waals surface area contributed by atoms with E-state index < -0.39 is 0 Å². The number of nitrogens with one attached hydrogen (secondary N) is 1. The summed E-state index contributed by atoms with van der Waals surface area (Å²) in [6.45, 7) is 2.42. The van der Waals surface area contributed by atoms with E-state index in [0.29, 0.717) is 17.1 Å².